The fourth-order valence-corrected chi connectivity index (χ4v) is 1.14. The van der Waals surface area contributed by atoms with E-state index in [-0.39, 0.29) is 0 Å². The van der Waals surface area contributed by atoms with Crippen molar-refractivity contribution in [2.24, 2.45) is 12.8 Å². The molecular weight excluding hydrogens is 172 g/mol. The third kappa shape index (κ3) is 1.71. The van der Waals surface area contributed by atoms with E-state index in [9.17, 15) is 4.79 Å². The van der Waals surface area contributed by atoms with Crippen molar-refractivity contribution in [1.29, 1.82) is 0 Å². The van der Waals surface area contributed by atoms with Crippen molar-refractivity contribution < 1.29 is 9.53 Å². The van der Waals surface area contributed by atoms with Gasteiger partial charge in [-0.15, -0.1) is 0 Å². The third-order valence-electron chi connectivity index (χ3n) is 1.61. The minimum absolute atomic E-state index is 0.483. The molecule has 0 aliphatic heterocycles. The summed E-state index contributed by atoms with van der Waals surface area (Å²) >= 11 is 0. The van der Waals surface area contributed by atoms with E-state index >= 15 is 0 Å². The van der Waals surface area contributed by atoms with Crippen LogP contribution < -0.4 is 15.8 Å². The molecule has 0 saturated heterocycles. The zero-order chi connectivity index (χ0) is 10.0. The van der Waals surface area contributed by atoms with Crippen LogP contribution in [0.5, 0.6) is 5.88 Å². The Morgan fingerprint density at radius 3 is 2.77 bits per heavy atom. The van der Waals surface area contributed by atoms with Crippen LogP contribution in [0, 0.1) is 6.92 Å². The molecule has 0 atom stereocenters. The Hall–Kier alpha value is -1.72. The van der Waals surface area contributed by atoms with Crippen LogP contribution in [-0.2, 0) is 7.05 Å². The topological polar surface area (TPSA) is 82.2 Å². The Kier molecular flexibility index (Phi) is 2.41. The molecule has 1 rings (SSSR count). The number of hydrogen-bond acceptors (Lipinski definition) is 3. The number of nitrogens with zero attached hydrogens (tertiary/aromatic N) is 2. The molecule has 1 aromatic rings. The molecule has 72 valence electrons. The van der Waals surface area contributed by atoms with Crippen LogP contribution in [0.15, 0.2) is 0 Å². The number of carbonyl (C=O) groups is 1. The third-order valence-corrected chi connectivity index (χ3v) is 1.61. The van der Waals surface area contributed by atoms with Gasteiger partial charge in [0.25, 0.3) is 0 Å². The Balaban J connectivity index is 3.09. The Morgan fingerprint density at radius 1 is 1.69 bits per heavy atom. The first-order chi connectivity index (χ1) is 6.06. The molecule has 3 N–H and O–H groups in total. The van der Waals surface area contributed by atoms with Crippen LogP contribution in [0.1, 0.15) is 5.69 Å². The van der Waals surface area contributed by atoms with Crippen molar-refractivity contribution in [1.82, 2.24) is 9.78 Å². The Morgan fingerprint density at radius 2 is 2.31 bits per heavy atom. The zero-order valence-electron chi connectivity index (χ0n) is 7.79. The monoisotopic (exact) mass is 184 g/mol. The fraction of sp³-hybridized carbons (Fsp3) is 0.429. The molecule has 6 heteroatoms. The van der Waals surface area contributed by atoms with Gasteiger partial charge in [0.15, 0.2) is 0 Å². The predicted octanol–water partition coefficient (Wildman–Crippen LogP) is 0.228. The number of carbonyl (C=O) groups excluding carboxylic acids is 1. The number of ether oxygens (including phenoxy) is 1. The summed E-state index contributed by atoms with van der Waals surface area (Å²) in [4.78, 5) is 10.6. The standard InChI is InChI=1S/C7H12N4O2/c1-4-5(9-7(8)12)6(13-3)11(2)10-4/h1-3H3,(H3,8,9,12). The van der Waals surface area contributed by atoms with Crippen molar-refractivity contribution in [3.05, 3.63) is 5.69 Å². The summed E-state index contributed by atoms with van der Waals surface area (Å²) in [6, 6.07) is -0.630. The van der Waals surface area contributed by atoms with Crippen molar-refractivity contribution >= 4 is 11.7 Å². The Labute approximate surface area is 75.7 Å². The number of aryl methyl sites for hydroxylation is 2. The summed E-state index contributed by atoms with van der Waals surface area (Å²) in [5.74, 6) is 0.483. The number of methoxy groups -OCH3 is 1. The van der Waals surface area contributed by atoms with E-state index in [1.165, 1.54) is 11.8 Å². The second kappa shape index (κ2) is 3.34. The number of nitrogens with one attached hydrogen (secondary N) is 1. The first-order valence-corrected chi connectivity index (χ1v) is 3.70. The van der Waals surface area contributed by atoms with Crippen molar-refractivity contribution in [3.63, 3.8) is 0 Å². The number of rotatable bonds is 2. The van der Waals surface area contributed by atoms with Crippen molar-refractivity contribution in [2.75, 3.05) is 12.4 Å². The number of aromatic nitrogens is 2. The molecule has 0 spiro atoms. The molecule has 0 unspecified atom stereocenters. The van der Waals surface area contributed by atoms with Gasteiger partial charge >= 0.3 is 6.03 Å². The van der Waals surface area contributed by atoms with Crippen molar-refractivity contribution in [2.45, 2.75) is 6.92 Å². The van der Waals surface area contributed by atoms with E-state index in [2.05, 4.69) is 10.4 Å². The summed E-state index contributed by atoms with van der Waals surface area (Å²) in [5, 5.41) is 6.50. The van der Waals surface area contributed by atoms with Gasteiger partial charge in [-0.3, -0.25) is 0 Å². The molecule has 0 aromatic carbocycles. The summed E-state index contributed by atoms with van der Waals surface area (Å²) in [6.45, 7) is 1.76. The largest absolute Gasteiger partial charge is 0.480 e. The van der Waals surface area contributed by atoms with Crippen LogP contribution in [0.3, 0.4) is 0 Å². The van der Waals surface area contributed by atoms with Gasteiger partial charge < -0.3 is 15.8 Å². The highest BCUT2D eigenvalue weighted by molar-refractivity contribution is 5.90. The molecule has 0 radical (unpaired) electrons. The van der Waals surface area contributed by atoms with E-state index in [1.807, 2.05) is 0 Å². The van der Waals surface area contributed by atoms with E-state index in [1.54, 1.807) is 14.0 Å². The van der Waals surface area contributed by atoms with Crippen LogP contribution in [-0.4, -0.2) is 22.9 Å². The average Bonchev–Trinajstić information content (AvgIpc) is 2.26. The molecule has 0 aliphatic rings. The maximum Gasteiger partial charge on any atom is 0.316 e. The van der Waals surface area contributed by atoms with Gasteiger partial charge in [-0.25, -0.2) is 9.48 Å². The second-order valence-electron chi connectivity index (χ2n) is 2.58. The van der Waals surface area contributed by atoms with Gasteiger partial charge in [0.1, 0.15) is 5.69 Å². The highest BCUT2D eigenvalue weighted by Gasteiger charge is 2.14. The Bertz CT molecular complexity index is 331. The lowest BCUT2D eigenvalue weighted by Crippen LogP contribution is -2.19. The fourth-order valence-electron chi connectivity index (χ4n) is 1.14. The predicted molar refractivity (Wildman–Crippen MR) is 47.7 cm³/mol. The summed E-state index contributed by atoms with van der Waals surface area (Å²) in [5.41, 5.74) is 6.16. The summed E-state index contributed by atoms with van der Waals surface area (Å²) in [6.07, 6.45) is 0. The highest BCUT2D eigenvalue weighted by Crippen LogP contribution is 2.26. The highest BCUT2D eigenvalue weighted by atomic mass is 16.5. The number of urea groups is 1. The second-order valence-corrected chi connectivity index (χ2v) is 2.58. The van der Waals surface area contributed by atoms with E-state index in [4.69, 9.17) is 10.5 Å². The van der Waals surface area contributed by atoms with Crippen molar-refractivity contribution in [3.8, 4) is 5.88 Å². The first-order valence-electron chi connectivity index (χ1n) is 3.70. The van der Waals surface area contributed by atoms with Crippen LogP contribution in [0.4, 0.5) is 10.5 Å². The average molecular weight is 184 g/mol. The quantitative estimate of drug-likeness (QED) is 0.690. The van der Waals surface area contributed by atoms with Crippen LogP contribution in [0.2, 0.25) is 0 Å². The zero-order valence-corrected chi connectivity index (χ0v) is 7.79. The van der Waals surface area contributed by atoms with Gasteiger partial charge in [0.2, 0.25) is 5.88 Å². The van der Waals surface area contributed by atoms with E-state index < -0.39 is 6.03 Å². The lowest BCUT2D eigenvalue weighted by atomic mass is 10.4. The molecule has 1 aromatic heterocycles. The molecule has 0 saturated carbocycles. The van der Waals surface area contributed by atoms with E-state index in [0.717, 1.165) is 0 Å². The summed E-state index contributed by atoms with van der Waals surface area (Å²) < 4.78 is 6.56. The molecule has 2 amide bonds. The number of primary amides is 1. The number of nitrogens with two attached hydrogens (primary N) is 1. The maximum atomic E-state index is 10.6. The maximum absolute atomic E-state index is 10.6. The van der Waals surface area contributed by atoms with Gasteiger partial charge in [-0.05, 0) is 6.92 Å². The lowest BCUT2D eigenvalue weighted by molar-refractivity contribution is 0.259. The smallest absolute Gasteiger partial charge is 0.316 e. The summed E-state index contributed by atoms with van der Waals surface area (Å²) in [7, 11) is 3.22. The number of anilines is 1. The van der Waals surface area contributed by atoms with Crippen LogP contribution in [0.25, 0.3) is 0 Å². The van der Waals surface area contributed by atoms with Gasteiger partial charge in [-0.2, -0.15) is 5.10 Å². The lowest BCUT2D eigenvalue weighted by Gasteiger charge is -2.03. The molecule has 1 heterocycles. The van der Waals surface area contributed by atoms with Gasteiger partial charge in [0, 0.05) is 7.05 Å². The van der Waals surface area contributed by atoms with E-state index in [0.29, 0.717) is 17.3 Å². The number of amides is 2. The normalized spacial score (nSPS) is 9.77. The first kappa shape index (κ1) is 9.37. The SMILES string of the molecule is COc1c(NC(N)=O)c(C)nn1C. The molecule has 0 fully saturated rings. The van der Waals surface area contributed by atoms with Gasteiger partial charge in [-0.1, -0.05) is 0 Å². The molecule has 13 heavy (non-hydrogen) atoms. The minimum Gasteiger partial charge on any atom is -0.480 e. The molecule has 0 bridgehead atoms. The molecule has 0 aliphatic carbocycles. The van der Waals surface area contributed by atoms with Crippen LogP contribution >= 0.6 is 0 Å². The molecule has 6 nitrogen and oxygen atoms in total. The minimum atomic E-state index is -0.630. The number of hydrogen-bond donors (Lipinski definition) is 2. The van der Waals surface area contributed by atoms with Gasteiger partial charge in [0.05, 0.1) is 12.8 Å². The molecular formula is C7H12N4O2.